The van der Waals surface area contributed by atoms with Crippen LogP contribution in [0.3, 0.4) is 0 Å². The maximum atomic E-state index is 8.57. The van der Waals surface area contributed by atoms with Crippen LogP contribution in [0.2, 0.25) is 0 Å². The predicted molar refractivity (Wildman–Crippen MR) is 21.8 cm³/mol. The number of halogens is 1. The summed E-state index contributed by atoms with van der Waals surface area (Å²) in [6.45, 7) is 2.68. The van der Waals surface area contributed by atoms with Crippen LogP contribution in [0.4, 0.5) is 0 Å². The van der Waals surface area contributed by atoms with Crippen molar-refractivity contribution in [3.63, 3.8) is 0 Å². The van der Waals surface area contributed by atoms with Gasteiger partial charge in [-0.05, 0) is 0 Å². The Labute approximate surface area is 34.9 Å². The highest BCUT2D eigenvalue weighted by Crippen LogP contribution is 0.846. The highest BCUT2D eigenvalue weighted by Gasteiger charge is 0.981. The first-order valence-corrected chi connectivity index (χ1v) is 0.558. The van der Waals surface area contributed by atoms with E-state index >= 15 is 0 Å². The Kier molecular flexibility index (Phi) is 28.1. The van der Waals surface area contributed by atoms with E-state index in [4.69, 9.17) is 5.21 Å². The molecule has 0 radical (unpaired) electrons. The minimum atomic E-state index is 0. The fourth-order valence-electron chi connectivity index (χ4n) is 0. The topological polar surface area (TPSA) is 37.0 Å². The molecule has 0 aromatic rings. The SMILES string of the molecule is Br.C=[NH+][O-]. The number of hydrogen-bond acceptors (Lipinski definition) is 1. The lowest BCUT2D eigenvalue weighted by atomic mass is 11.8. The fraction of sp³-hybridized carbons (Fsp3) is 0. The Morgan fingerprint density at radius 2 is 1.75 bits per heavy atom. The van der Waals surface area contributed by atoms with E-state index in [9.17, 15) is 0 Å². The van der Waals surface area contributed by atoms with Gasteiger partial charge in [-0.3, -0.25) is 0 Å². The maximum absolute atomic E-state index is 8.57. The van der Waals surface area contributed by atoms with Gasteiger partial charge in [0.05, 0.1) is 0 Å². The zero-order valence-electron chi connectivity index (χ0n) is 2.02. The van der Waals surface area contributed by atoms with Crippen LogP contribution in [0.5, 0.6) is 0 Å². The first-order chi connectivity index (χ1) is 1.41. The van der Waals surface area contributed by atoms with Gasteiger partial charge in [-0.15, -0.1) is 17.0 Å². The van der Waals surface area contributed by atoms with E-state index in [1.54, 1.807) is 0 Å². The summed E-state index contributed by atoms with van der Waals surface area (Å²) in [5, 5.41) is 9.82. The van der Waals surface area contributed by atoms with Crippen LogP contribution in [0.25, 0.3) is 0 Å². The third-order valence-electron chi connectivity index (χ3n) is 0. The van der Waals surface area contributed by atoms with Gasteiger partial charge in [-0.2, -0.15) is 0 Å². The smallest absolute Gasteiger partial charge is 0.136 e. The lowest BCUT2D eigenvalue weighted by Crippen LogP contribution is -2.56. The van der Waals surface area contributed by atoms with Crippen molar-refractivity contribution in [2.24, 2.45) is 0 Å². The molecule has 0 aliphatic heterocycles. The quantitative estimate of drug-likeness (QED) is 0.248. The largest absolute Gasteiger partial charge is 0.626 e. The minimum Gasteiger partial charge on any atom is -0.626 e. The predicted octanol–water partition coefficient (Wildman–Crippen LogP) is -1.16. The molecule has 2 nitrogen and oxygen atoms in total. The second-order valence-corrected chi connectivity index (χ2v) is 0.144. The molecule has 1 N–H and O–H groups in total. The van der Waals surface area contributed by atoms with Crippen molar-refractivity contribution < 1.29 is 5.16 Å². The molecular formula is CH4BrNO. The molecule has 0 amide bonds. The van der Waals surface area contributed by atoms with E-state index < -0.39 is 0 Å². The van der Waals surface area contributed by atoms with Gasteiger partial charge in [-0.25, -0.2) is 5.16 Å². The average Bonchev–Trinajstić information content (AvgIpc) is 0.918. The first-order valence-electron chi connectivity index (χ1n) is 0.558. The van der Waals surface area contributed by atoms with Gasteiger partial charge in [0, 0.05) is 0 Å². The Morgan fingerprint density at radius 1 is 1.75 bits per heavy atom. The number of rotatable bonds is 0. The Morgan fingerprint density at radius 3 is 1.75 bits per heavy atom. The Bertz CT molecular complexity index is 15.5. The van der Waals surface area contributed by atoms with Gasteiger partial charge in [0.1, 0.15) is 6.72 Å². The zero-order valence-corrected chi connectivity index (χ0v) is 3.74. The molecule has 0 heterocycles. The molecule has 0 saturated carbocycles. The van der Waals surface area contributed by atoms with Crippen molar-refractivity contribution in [3.05, 3.63) is 5.21 Å². The molecule has 4 heavy (non-hydrogen) atoms. The molecule has 0 atom stereocenters. The molecule has 3 heteroatoms. The van der Waals surface area contributed by atoms with Crippen molar-refractivity contribution >= 4 is 23.7 Å². The summed E-state index contributed by atoms with van der Waals surface area (Å²) < 4.78 is 0. The van der Waals surface area contributed by atoms with Crippen LogP contribution in [-0.2, 0) is 0 Å². The molecule has 0 aromatic heterocycles. The third-order valence-corrected chi connectivity index (χ3v) is 0. The normalized spacial score (nSPS) is 3.00. The molecule has 0 spiro atoms. The molecule has 0 rings (SSSR count). The second kappa shape index (κ2) is 12.4. The monoisotopic (exact) mass is 125 g/mol. The van der Waals surface area contributed by atoms with Gasteiger partial charge >= 0.3 is 0 Å². The summed E-state index contributed by atoms with van der Waals surface area (Å²) in [5.74, 6) is 0. The van der Waals surface area contributed by atoms with E-state index in [2.05, 4.69) is 6.72 Å². The highest BCUT2D eigenvalue weighted by molar-refractivity contribution is 8.93. The fourth-order valence-corrected chi connectivity index (χ4v) is 0. The second-order valence-electron chi connectivity index (χ2n) is 0.144. The lowest BCUT2D eigenvalue weighted by molar-refractivity contribution is -0.361. The Balaban J connectivity index is 0. The molecule has 0 aliphatic rings. The maximum Gasteiger partial charge on any atom is 0.136 e. The first kappa shape index (κ1) is 9.04. The van der Waals surface area contributed by atoms with E-state index in [1.165, 1.54) is 5.16 Å². The van der Waals surface area contributed by atoms with Crippen molar-refractivity contribution in [1.82, 2.24) is 0 Å². The summed E-state index contributed by atoms with van der Waals surface area (Å²) in [4.78, 5) is 0. The van der Waals surface area contributed by atoms with Gasteiger partial charge in [0.15, 0.2) is 0 Å². The van der Waals surface area contributed by atoms with Crippen LogP contribution in [0, 0.1) is 5.21 Å². The number of hydrogen-bond donors (Lipinski definition) is 1. The molecule has 0 fully saturated rings. The zero-order chi connectivity index (χ0) is 2.71. The van der Waals surface area contributed by atoms with E-state index in [0.717, 1.165) is 0 Å². The van der Waals surface area contributed by atoms with Crippen molar-refractivity contribution in [2.75, 3.05) is 0 Å². The van der Waals surface area contributed by atoms with E-state index in [0.29, 0.717) is 0 Å². The molecule has 26 valence electrons. The van der Waals surface area contributed by atoms with Crippen LogP contribution >= 0.6 is 17.0 Å². The minimum absolute atomic E-state index is 0. The van der Waals surface area contributed by atoms with Gasteiger partial charge in [-0.1, -0.05) is 0 Å². The summed E-state index contributed by atoms with van der Waals surface area (Å²) in [6.07, 6.45) is 0. The molecule has 0 bridgehead atoms. The van der Waals surface area contributed by atoms with Gasteiger partial charge in [0.25, 0.3) is 0 Å². The molecule has 0 aliphatic carbocycles. The average molecular weight is 126 g/mol. The summed E-state index contributed by atoms with van der Waals surface area (Å²) in [7, 11) is 0. The Hall–Kier alpha value is -0.0500. The summed E-state index contributed by atoms with van der Waals surface area (Å²) in [6, 6.07) is 0. The van der Waals surface area contributed by atoms with Gasteiger partial charge in [0.2, 0.25) is 0 Å². The number of nitrogens with one attached hydrogen (secondary N) is 1. The van der Waals surface area contributed by atoms with E-state index in [1.807, 2.05) is 0 Å². The van der Waals surface area contributed by atoms with Crippen LogP contribution in [0.1, 0.15) is 0 Å². The molecule has 0 saturated heterocycles. The molecular weight excluding hydrogens is 122 g/mol. The van der Waals surface area contributed by atoms with Crippen molar-refractivity contribution in [2.45, 2.75) is 0 Å². The van der Waals surface area contributed by atoms with Crippen molar-refractivity contribution in [3.8, 4) is 0 Å². The van der Waals surface area contributed by atoms with Gasteiger partial charge < -0.3 is 5.21 Å². The van der Waals surface area contributed by atoms with Crippen LogP contribution in [-0.4, -0.2) is 6.72 Å². The van der Waals surface area contributed by atoms with Crippen LogP contribution in [0.15, 0.2) is 0 Å². The van der Waals surface area contributed by atoms with Crippen molar-refractivity contribution in [1.29, 1.82) is 0 Å². The summed E-state index contributed by atoms with van der Waals surface area (Å²) >= 11 is 0. The van der Waals surface area contributed by atoms with E-state index in [-0.39, 0.29) is 17.0 Å². The highest BCUT2D eigenvalue weighted by atomic mass is 79.9. The standard InChI is InChI=1S/CH3NO.BrH/c1-2-3;/h2H,1H2;1H. The summed E-state index contributed by atoms with van der Waals surface area (Å²) in [5.41, 5.74) is 0. The molecule has 0 aromatic carbocycles. The lowest BCUT2D eigenvalue weighted by Gasteiger charge is -1.58. The molecule has 0 unspecified atom stereocenters. The third kappa shape index (κ3) is 704. The van der Waals surface area contributed by atoms with Crippen LogP contribution < -0.4 is 5.16 Å².